The third-order valence-corrected chi connectivity index (χ3v) is 7.46. The first-order chi connectivity index (χ1) is 15.1. The molecule has 1 aliphatic rings. The van der Waals surface area contributed by atoms with E-state index in [9.17, 15) is 13.2 Å². The lowest BCUT2D eigenvalue weighted by Crippen LogP contribution is -2.51. The van der Waals surface area contributed by atoms with Gasteiger partial charge in [0.25, 0.3) is 0 Å². The molecule has 7 nitrogen and oxygen atoms in total. The maximum atomic E-state index is 13.3. The summed E-state index contributed by atoms with van der Waals surface area (Å²) in [5.74, 6) is 0.998. The van der Waals surface area contributed by atoms with Crippen LogP contribution in [-0.2, 0) is 14.8 Å². The number of carbonyl (C=O) groups is 1. The van der Waals surface area contributed by atoms with Gasteiger partial charge in [0, 0.05) is 12.0 Å². The summed E-state index contributed by atoms with van der Waals surface area (Å²) in [5.41, 5.74) is 0.933. The van der Waals surface area contributed by atoms with Crippen LogP contribution in [0.2, 0.25) is 0 Å². The van der Waals surface area contributed by atoms with Crippen molar-refractivity contribution in [2.75, 3.05) is 17.7 Å². The summed E-state index contributed by atoms with van der Waals surface area (Å²) in [6.07, 6.45) is 3.34. The van der Waals surface area contributed by atoms with E-state index in [2.05, 4.69) is 19.2 Å². The molecule has 174 valence electrons. The van der Waals surface area contributed by atoms with Gasteiger partial charge in [-0.2, -0.15) is 0 Å². The number of hydrogen-bond donors (Lipinski definition) is 1. The molecule has 1 amide bonds. The highest BCUT2D eigenvalue weighted by atomic mass is 32.2. The zero-order chi connectivity index (χ0) is 23.5. The standard InChI is InChI=1S/C24H32N2O5S/c1-6-24(7-2)16-21(20-10-8-9-11-22(20)31-24)25-23(27)17(3)26(32(5,28)29)18-12-14-19(30-4)15-13-18/h8-15,17,21H,6-7,16H2,1-5H3,(H,25,27). The Balaban J connectivity index is 1.90. The van der Waals surface area contributed by atoms with Crippen LogP contribution in [0, 0.1) is 0 Å². The van der Waals surface area contributed by atoms with Crippen molar-refractivity contribution in [3.8, 4) is 11.5 Å². The number of nitrogens with zero attached hydrogens (tertiary/aromatic N) is 1. The van der Waals surface area contributed by atoms with E-state index in [-0.39, 0.29) is 17.6 Å². The van der Waals surface area contributed by atoms with E-state index in [4.69, 9.17) is 9.47 Å². The maximum absolute atomic E-state index is 13.3. The fraction of sp³-hybridized carbons (Fsp3) is 0.458. The first-order valence-electron chi connectivity index (χ1n) is 10.9. The number of para-hydroxylation sites is 1. The van der Waals surface area contributed by atoms with Crippen LogP contribution in [0.1, 0.15) is 51.6 Å². The minimum Gasteiger partial charge on any atom is -0.497 e. The van der Waals surface area contributed by atoms with Gasteiger partial charge in [0.15, 0.2) is 0 Å². The molecule has 0 saturated carbocycles. The molecule has 0 aromatic heterocycles. The fourth-order valence-electron chi connectivity index (χ4n) is 4.26. The van der Waals surface area contributed by atoms with E-state index in [1.165, 1.54) is 7.11 Å². The third kappa shape index (κ3) is 4.85. The van der Waals surface area contributed by atoms with E-state index < -0.39 is 16.1 Å². The molecular weight excluding hydrogens is 428 g/mol. The molecule has 3 rings (SSSR count). The Bertz CT molecular complexity index is 1050. The highest BCUT2D eigenvalue weighted by Gasteiger charge is 2.40. The number of methoxy groups -OCH3 is 1. The molecular formula is C24H32N2O5S. The van der Waals surface area contributed by atoms with Crippen LogP contribution < -0.4 is 19.1 Å². The number of amides is 1. The van der Waals surface area contributed by atoms with E-state index in [0.717, 1.165) is 34.7 Å². The third-order valence-electron chi connectivity index (χ3n) is 6.22. The number of fused-ring (bicyclic) bond motifs is 1. The molecule has 2 aromatic carbocycles. The molecule has 0 saturated heterocycles. The summed E-state index contributed by atoms with van der Waals surface area (Å²) >= 11 is 0. The van der Waals surface area contributed by atoms with Gasteiger partial charge < -0.3 is 14.8 Å². The number of carbonyl (C=O) groups excluding carboxylic acids is 1. The predicted molar refractivity (Wildman–Crippen MR) is 126 cm³/mol. The van der Waals surface area contributed by atoms with Crippen LogP contribution in [-0.4, -0.2) is 39.3 Å². The number of sulfonamides is 1. The zero-order valence-electron chi connectivity index (χ0n) is 19.3. The van der Waals surface area contributed by atoms with Gasteiger partial charge in [-0.3, -0.25) is 9.10 Å². The van der Waals surface area contributed by atoms with E-state index in [1.54, 1.807) is 31.2 Å². The molecule has 2 aromatic rings. The fourth-order valence-corrected chi connectivity index (χ4v) is 5.44. The smallest absolute Gasteiger partial charge is 0.244 e. The molecule has 0 radical (unpaired) electrons. The van der Waals surface area contributed by atoms with Crippen molar-refractivity contribution in [3.63, 3.8) is 0 Å². The van der Waals surface area contributed by atoms with Crippen LogP contribution in [0.5, 0.6) is 11.5 Å². The van der Waals surface area contributed by atoms with Gasteiger partial charge in [0.2, 0.25) is 15.9 Å². The SMILES string of the molecule is CCC1(CC)CC(NC(=O)C(C)N(c2ccc(OC)cc2)S(C)(=O)=O)c2ccccc2O1. The minimum atomic E-state index is -3.71. The summed E-state index contributed by atoms with van der Waals surface area (Å²) in [7, 11) is -2.17. The Morgan fingerprint density at radius 2 is 1.81 bits per heavy atom. The van der Waals surface area contributed by atoms with Crippen molar-refractivity contribution in [2.45, 2.75) is 57.7 Å². The van der Waals surface area contributed by atoms with Crippen LogP contribution in [0.3, 0.4) is 0 Å². The second-order valence-corrected chi connectivity index (χ2v) is 10.1. The summed E-state index contributed by atoms with van der Waals surface area (Å²) < 4.78 is 37.8. The Kier molecular flexibility index (Phi) is 7.03. The van der Waals surface area contributed by atoms with Gasteiger partial charge in [-0.25, -0.2) is 8.42 Å². The molecule has 2 unspecified atom stereocenters. The average Bonchev–Trinajstić information content (AvgIpc) is 2.78. The quantitative estimate of drug-likeness (QED) is 0.642. The molecule has 0 bridgehead atoms. The highest BCUT2D eigenvalue weighted by molar-refractivity contribution is 7.92. The summed E-state index contributed by atoms with van der Waals surface area (Å²) in [6, 6.07) is 13.1. The average molecular weight is 461 g/mol. The number of ether oxygens (including phenoxy) is 2. The summed E-state index contributed by atoms with van der Waals surface area (Å²) in [5, 5.41) is 3.09. The van der Waals surface area contributed by atoms with Gasteiger partial charge in [0.1, 0.15) is 23.1 Å². The first-order valence-corrected chi connectivity index (χ1v) is 12.7. The van der Waals surface area contributed by atoms with Crippen molar-refractivity contribution in [1.29, 1.82) is 0 Å². The Morgan fingerprint density at radius 1 is 1.19 bits per heavy atom. The van der Waals surface area contributed by atoms with Gasteiger partial charge in [-0.15, -0.1) is 0 Å². The molecule has 2 atom stereocenters. The lowest BCUT2D eigenvalue weighted by atomic mass is 9.83. The van der Waals surface area contributed by atoms with Crippen molar-refractivity contribution in [2.24, 2.45) is 0 Å². The summed E-state index contributed by atoms with van der Waals surface area (Å²) in [6.45, 7) is 5.75. The van der Waals surface area contributed by atoms with E-state index in [1.807, 2.05) is 24.3 Å². The van der Waals surface area contributed by atoms with Gasteiger partial charge in [-0.1, -0.05) is 32.0 Å². The van der Waals surface area contributed by atoms with Crippen molar-refractivity contribution < 1.29 is 22.7 Å². The topological polar surface area (TPSA) is 84.9 Å². The molecule has 1 heterocycles. The monoisotopic (exact) mass is 460 g/mol. The molecule has 0 spiro atoms. The highest BCUT2D eigenvalue weighted by Crippen LogP contribution is 2.42. The lowest BCUT2D eigenvalue weighted by Gasteiger charge is -2.42. The molecule has 0 fully saturated rings. The largest absolute Gasteiger partial charge is 0.497 e. The predicted octanol–water partition coefficient (Wildman–Crippen LogP) is 4.05. The second-order valence-electron chi connectivity index (χ2n) is 8.23. The number of rotatable bonds is 8. The van der Waals surface area contributed by atoms with Gasteiger partial charge >= 0.3 is 0 Å². The first kappa shape index (κ1) is 23.9. The van der Waals surface area contributed by atoms with Crippen molar-refractivity contribution in [3.05, 3.63) is 54.1 Å². The van der Waals surface area contributed by atoms with Crippen LogP contribution in [0.15, 0.2) is 48.5 Å². The minimum absolute atomic E-state index is 0.271. The molecule has 32 heavy (non-hydrogen) atoms. The van der Waals surface area contributed by atoms with Crippen LogP contribution >= 0.6 is 0 Å². The van der Waals surface area contributed by atoms with Crippen molar-refractivity contribution >= 4 is 21.6 Å². The molecule has 8 heteroatoms. The molecule has 1 N–H and O–H groups in total. The number of nitrogens with one attached hydrogen (secondary N) is 1. The number of anilines is 1. The lowest BCUT2D eigenvalue weighted by molar-refractivity contribution is -0.123. The van der Waals surface area contributed by atoms with Crippen molar-refractivity contribution in [1.82, 2.24) is 5.32 Å². The van der Waals surface area contributed by atoms with Gasteiger partial charge in [-0.05, 0) is 50.1 Å². The zero-order valence-corrected chi connectivity index (χ0v) is 20.1. The summed E-state index contributed by atoms with van der Waals surface area (Å²) in [4.78, 5) is 13.3. The van der Waals surface area contributed by atoms with Crippen LogP contribution in [0.4, 0.5) is 5.69 Å². The van der Waals surface area contributed by atoms with Gasteiger partial charge in [0.05, 0.1) is 25.1 Å². The normalized spacial score (nSPS) is 18.1. The Morgan fingerprint density at radius 3 is 2.38 bits per heavy atom. The maximum Gasteiger partial charge on any atom is 0.244 e. The van der Waals surface area contributed by atoms with E-state index >= 15 is 0 Å². The molecule has 1 aliphatic heterocycles. The molecule has 0 aliphatic carbocycles. The Labute approximate surface area is 190 Å². The number of hydrogen-bond acceptors (Lipinski definition) is 5. The second kappa shape index (κ2) is 9.40. The Hall–Kier alpha value is -2.74. The van der Waals surface area contributed by atoms with E-state index in [0.29, 0.717) is 17.9 Å². The number of benzene rings is 2. The van der Waals surface area contributed by atoms with Crippen LogP contribution in [0.25, 0.3) is 0 Å².